The minimum Gasteiger partial charge on any atom is -0.325 e. The molecule has 1 aliphatic carbocycles. The number of hydrogen-bond donors (Lipinski definition) is 0. The van der Waals surface area contributed by atoms with E-state index in [1.54, 1.807) is 0 Å². The summed E-state index contributed by atoms with van der Waals surface area (Å²) in [5.41, 5.74) is 1.17. The molecule has 1 aromatic heterocycles. The SMILES string of the molecule is O=C(N1CCCC1)N1CCN(Cc2cnc(C3CC3)nc2)CC1. The van der Waals surface area contributed by atoms with Crippen molar-refractivity contribution < 1.29 is 4.79 Å². The first-order chi connectivity index (χ1) is 11.3. The van der Waals surface area contributed by atoms with Gasteiger partial charge in [-0.1, -0.05) is 0 Å². The molecule has 3 aliphatic rings. The van der Waals surface area contributed by atoms with Crippen LogP contribution in [-0.4, -0.2) is 70.0 Å². The van der Waals surface area contributed by atoms with Crippen LogP contribution in [0.5, 0.6) is 0 Å². The Morgan fingerprint density at radius 2 is 1.57 bits per heavy atom. The lowest BCUT2D eigenvalue weighted by atomic mass is 10.2. The zero-order valence-corrected chi connectivity index (χ0v) is 13.7. The molecule has 0 bridgehead atoms. The maximum atomic E-state index is 12.4. The first-order valence-corrected chi connectivity index (χ1v) is 8.86. The smallest absolute Gasteiger partial charge is 0.320 e. The van der Waals surface area contributed by atoms with Gasteiger partial charge in [0.1, 0.15) is 5.82 Å². The molecule has 3 fully saturated rings. The van der Waals surface area contributed by atoms with Gasteiger partial charge in [-0.2, -0.15) is 0 Å². The van der Waals surface area contributed by atoms with E-state index in [0.29, 0.717) is 5.92 Å². The van der Waals surface area contributed by atoms with Crippen LogP contribution in [0.25, 0.3) is 0 Å². The number of rotatable bonds is 3. The number of likely N-dealkylation sites (tertiary alicyclic amines) is 1. The van der Waals surface area contributed by atoms with Crippen LogP contribution < -0.4 is 0 Å². The molecule has 2 aliphatic heterocycles. The molecular formula is C17H25N5O. The lowest BCUT2D eigenvalue weighted by Crippen LogP contribution is -2.52. The van der Waals surface area contributed by atoms with Gasteiger partial charge in [-0.05, 0) is 25.7 Å². The molecule has 4 rings (SSSR count). The van der Waals surface area contributed by atoms with Crippen molar-refractivity contribution in [1.29, 1.82) is 0 Å². The number of amides is 2. The second-order valence-electron chi connectivity index (χ2n) is 6.96. The number of carbonyl (C=O) groups is 1. The molecule has 2 amide bonds. The van der Waals surface area contributed by atoms with E-state index in [4.69, 9.17) is 0 Å². The maximum Gasteiger partial charge on any atom is 0.320 e. The van der Waals surface area contributed by atoms with Crippen molar-refractivity contribution in [1.82, 2.24) is 24.7 Å². The molecule has 0 spiro atoms. The Bertz CT molecular complexity index is 543. The molecule has 6 nitrogen and oxygen atoms in total. The van der Waals surface area contributed by atoms with Gasteiger partial charge in [0.2, 0.25) is 0 Å². The van der Waals surface area contributed by atoms with Crippen LogP contribution in [0, 0.1) is 0 Å². The Kier molecular flexibility index (Phi) is 4.16. The lowest BCUT2D eigenvalue weighted by molar-refractivity contribution is 0.115. The number of nitrogens with zero attached hydrogens (tertiary/aromatic N) is 5. The number of carbonyl (C=O) groups excluding carboxylic acids is 1. The summed E-state index contributed by atoms with van der Waals surface area (Å²) in [6.45, 7) is 6.28. The minimum absolute atomic E-state index is 0.235. The maximum absolute atomic E-state index is 12.4. The molecule has 0 radical (unpaired) electrons. The van der Waals surface area contributed by atoms with E-state index in [1.165, 1.54) is 18.4 Å². The van der Waals surface area contributed by atoms with Gasteiger partial charge in [0.15, 0.2) is 0 Å². The lowest BCUT2D eigenvalue weighted by Gasteiger charge is -2.36. The predicted octanol–water partition coefficient (Wildman–Crippen LogP) is 1.69. The second kappa shape index (κ2) is 6.43. The average Bonchev–Trinajstić information content (AvgIpc) is 3.30. The zero-order valence-electron chi connectivity index (χ0n) is 13.7. The van der Waals surface area contributed by atoms with Crippen molar-refractivity contribution in [3.05, 3.63) is 23.8 Å². The van der Waals surface area contributed by atoms with Gasteiger partial charge < -0.3 is 9.80 Å². The van der Waals surface area contributed by atoms with Gasteiger partial charge in [0, 0.05) is 69.7 Å². The fourth-order valence-electron chi connectivity index (χ4n) is 3.46. The van der Waals surface area contributed by atoms with E-state index in [0.717, 1.165) is 64.5 Å². The van der Waals surface area contributed by atoms with Crippen molar-refractivity contribution in [3.8, 4) is 0 Å². The molecule has 0 N–H and O–H groups in total. The van der Waals surface area contributed by atoms with Crippen molar-refractivity contribution in [2.24, 2.45) is 0 Å². The zero-order chi connectivity index (χ0) is 15.6. The Hall–Kier alpha value is -1.69. The second-order valence-corrected chi connectivity index (χ2v) is 6.96. The number of aromatic nitrogens is 2. The predicted molar refractivity (Wildman–Crippen MR) is 87.1 cm³/mol. The molecule has 0 aromatic carbocycles. The van der Waals surface area contributed by atoms with Gasteiger partial charge >= 0.3 is 6.03 Å². The summed E-state index contributed by atoms with van der Waals surface area (Å²) >= 11 is 0. The summed E-state index contributed by atoms with van der Waals surface area (Å²) in [5, 5.41) is 0. The average molecular weight is 315 g/mol. The molecule has 6 heteroatoms. The van der Waals surface area contributed by atoms with Crippen LogP contribution in [0.4, 0.5) is 4.79 Å². The Labute approximate surface area is 137 Å². The molecule has 0 unspecified atom stereocenters. The van der Waals surface area contributed by atoms with Gasteiger partial charge in [-0.3, -0.25) is 4.90 Å². The fourth-order valence-corrected chi connectivity index (χ4v) is 3.46. The highest BCUT2D eigenvalue weighted by Crippen LogP contribution is 2.37. The molecule has 2 saturated heterocycles. The molecule has 23 heavy (non-hydrogen) atoms. The summed E-state index contributed by atoms with van der Waals surface area (Å²) in [4.78, 5) is 27.8. The minimum atomic E-state index is 0.235. The van der Waals surface area contributed by atoms with E-state index in [2.05, 4.69) is 14.9 Å². The number of hydrogen-bond acceptors (Lipinski definition) is 4. The van der Waals surface area contributed by atoms with Crippen LogP contribution in [0.2, 0.25) is 0 Å². The standard InChI is InChI=1S/C17H25N5O/c23-17(21-5-1-2-6-21)22-9-7-20(8-10-22)13-14-11-18-16(19-12-14)15-3-4-15/h11-12,15H,1-10,13H2. The van der Waals surface area contributed by atoms with Crippen LogP contribution in [-0.2, 0) is 6.54 Å². The quantitative estimate of drug-likeness (QED) is 0.852. The van der Waals surface area contributed by atoms with E-state index in [-0.39, 0.29) is 6.03 Å². The normalized spacial score (nSPS) is 22.6. The van der Waals surface area contributed by atoms with Crippen molar-refractivity contribution >= 4 is 6.03 Å². The summed E-state index contributed by atoms with van der Waals surface area (Å²) in [7, 11) is 0. The first-order valence-electron chi connectivity index (χ1n) is 8.86. The van der Waals surface area contributed by atoms with Crippen molar-refractivity contribution in [3.63, 3.8) is 0 Å². The number of urea groups is 1. The van der Waals surface area contributed by atoms with E-state index in [1.807, 2.05) is 22.2 Å². The molecule has 1 aromatic rings. The van der Waals surface area contributed by atoms with Crippen LogP contribution >= 0.6 is 0 Å². The fraction of sp³-hybridized carbons (Fsp3) is 0.706. The monoisotopic (exact) mass is 315 g/mol. The van der Waals surface area contributed by atoms with Gasteiger partial charge in [-0.25, -0.2) is 14.8 Å². The van der Waals surface area contributed by atoms with E-state index < -0.39 is 0 Å². The molecule has 3 heterocycles. The molecular weight excluding hydrogens is 290 g/mol. The third-order valence-electron chi connectivity index (χ3n) is 5.09. The van der Waals surface area contributed by atoms with E-state index >= 15 is 0 Å². The Balaban J connectivity index is 1.26. The van der Waals surface area contributed by atoms with Crippen LogP contribution in [0.1, 0.15) is 43.0 Å². The van der Waals surface area contributed by atoms with Gasteiger partial charge in [-0.15, -0.1) is 0 Å². The molecule has 124 valence electrons. The highest BCUT2D eigenvalue weighted by atomic mass is 16.2. The van der Waals surface area contributed by atoms with Crippen LogP contribution in [0.3, 0.4) is 0 Å². The number of piperazine rings is 1. The largest absolute Gasteiger partial charge is 0.325 e. The Morgan fingerprint density at radius 3 is 2.17 bits per heavy atom. The van der Waals surface area contributed by atoms with Crippen molar-refractivity contribution in [2.45, 2.75) is 38.1 Å². The Morgan fingerprint density at radius 1 is 0.957 bits per heavy atom. The van der Waals surface area contributed by atoms with Gasteiger partial charge in [0.25, 0.3) is 0 Å². The third-order valence-corrected chi connectivity index (χ3v) is 5.09. The van der Waals surface area contributed by atoms with Gasteiger partial charge in [0.05, 0.1) is 0 Å². The third kappa shape index (κ3) is 3.47. The topological polar surface area (TPSA) is 52.6 Å². The van der Waals surface area contributed by atoms with Crippen molar-refractivity contribution in [2.75, 3.05) is 39.3 Å². The molecule has 1 saturated carbocycles. The van der Waals surface area contributed by atoms with Crippen LogP contribution in [0.15, 0.2) is 12.4 Å². The highest BCUT2D eigenvalue weighted by Gasteiger charge is 2.28. The van der Waals surface area contributed by atoms with E-state index in [9.17, 15) is 4.79 Å². The first kappa shape index (κ1) is 14.9. The molecule has 0 atom stereocenters. The summed E-state index contributed by atoms with van der Waals surface area (Å²) in [5.74, 6) is 1.62. The summed E-state index contributed by atoms with van der Waals surface area (Å²) in [6.07, 6.45) is 8.74. The summed E-state index contributed by atoms with van der Waals surface area (Å²) in [6, 6.07) is 0.235. The highest BCUT2D eigenvalue weighted by molar-refractivity contribution is 5.74. The summed E-state index contributed by atoms with van der Waals surface area (Å²) < 4.78 is 0.